The first-order valence-corrected chi connectivity index (χ1v) is 8.75. The lowest BCUT2D eigenvalue weighted by Gasteiger charge is -2.25. The maximum absolute atomic E-state index is 12.4. The molecule has 0 radical (unpaired) electrons. The van der Waals surface area contributed by atoms with Crippen molar-refractivity contribution in [2.75, 3.05) is 24.0 Å². The van der Waals surface area contributed by atoms with Gasteiger partial charge in [-0.25, -0.2) is 0 Å². The number of hydrogen-bond acceptors (Lipinski definition) is 4. The summed E-state index contributed by atoms with van der Waals surface area (Å²) >= 11 is 5.82. The Morgan fingerprint density at radius 1 is 1.32 bits per heavy atom. The van der Waals surface area contributed by atoms with Crippen LogP contribution in [0, 0.1) is 6.92 Å². The molecule has 0 aliphatic rings. The molecular formula is C18H24ClN3O3. The van der Waals surface area contributed by atoms with Crippen LogP contribution < -0.4 is 9.64 Å². The lowest BCUT2D eigenvalue weighted by molar-refractivity contribution is -0.116. The van der Waals surface area contributed by atoms with Crippen LogP contribution in [0.4, 0.5) is 5.69 Å². The highest BCUT2D eigenvalue weighted by atomic mass is 35.5. The zero-order chi connectivity index (χ0) is 18.2. The summed E-state index contributed by atoms with van der Waals surface area (Å²) in [5.41, 5.74) is 2.38. The van der Waals surface area contributed by atoms with E-state index in [2.05, 4.69) is 10.2 Å². The van der Waals surface area contributed by atoms with Gasteiger partial charge in [-0.1, -0.05) is 12.1 Å². The molecule has 0 unspecified atom stereocenters. The number of nitrogens with zero attached hydrogens (tertiary/aromatic N) is 2. The fourth-order valence-corrected chi connectivity index (χ4v) is 2.58. The van der Waals surface area contributed by atoms with Gasteiger partial charge in [0.2, 0.25) is 5.91 Å². The molecule has 7 heteroatoms. The van der Waals surface area contributed by atoms with E-state index in [1.165, 1.54) is 0 Å². The Labute approximate surface area is 153 Å². The molecule has 1 amide bonds. The first-order chi connectivity index (χ1) is 12.0. The van der Waals surface area contributed by atoms with E-state index in [1.54, 1.807) is 11.1 Å². The largest absolute Gasteiger partial charge is 0.489 e. The van der Waals surface area contributed by atoms with Crippen LogP contribution in [0.25, 0.3) is 0 Å². The number of carbonyl (C=O) groups excluding carboxylic acids is 1. The van der Waals surface area contributed by atoms with Gasteiger partial charge in [-0.2, -0.15) is 5.10 Å². The molecule has 1 aromatic carbocycles. The molecule has 0 aliphatic carbocycles. The van der Waals surface area contributed by atoms with E-state index >= 15 is 0 Å². The third-order valence-electron chi connectivity index (χ3n) is 3.56. The van der Waals surface area contributed by atoms with E-state index in [4.69, 9.17) is 21.1 Å². The lowest BCUT2D eigenvalue weighted by Crippen LogP contribution is -2.32. The van der Waals surface area contributed by atoms with Gasteiger partial charge >= 0.3 is 0 Å². The highest BCUT2D eigenvalue weighted by molar-refractivity contribution is 6.29. The van der Waals surface area contributed by atoms with Crippen molar-refractivity contribution in [2.45, 2.75) is 33.4 Å². The highest BCUT2D eigenvalue weighted by Crippen LogP contribution is 2.33. The van der Waals surface area contributed by atoms with Gasteiger partial charge in [-0.3, -0.25) is 9.89 Å². The first kappa shape index (κ1) is 19.3. The highest BCUT2D eigenvalue weighted by Gasteiger charge is 2.22. The van der Waals surface area contributed by atoms with E-state index in [9.17, 15) is 4.79 Å². The molecule has 0 fully saturated rings. The number of para-hydroxylation sites is 1. The van der Waals surface area contributed by atoms with Crippen LogP contribution in [0.2, 0.25) is 0 Å². The van der Waals surface area contributed by atoms with Crippen LogP contribution in [0.1, 0.15) is 25.1 Å². The second-order valence-electron chi connectivity index (χ2n) is 5.87. The molecule has 6 nitrogen and oxygen atoms in total. The Morgan fingerprint density at radius 3 is 2.76 bits per heavy atom. The molecule has 1 heterocycles. The number of aryl methyl sites for hydroxylation is 1. The molecule has 0 saturated carbocycles. The summed E-state index contributed by atoms with van der Waals surface area (Å²) in [4.78, 5) is 14.0. The van der Waals surface area contributed by atoms with Gasteiger partial charge in [0.25, 0.3) is 0 Å². The summed E-state index contributed by atoms with van der Waals surface area (Å²) < 4.78 is 11.4. The summed E-state index contributed by atoms with van der Waals surface area (Å²) in [5.74, 6) is 0.304. The number of rotatable bonds is 9. The number of anilines is 1. The molecule has 0 saturated heterocycles. The predicted octanol–water partition coefficient (Wildman–Crippen LogP) is 3.29. The molecule has 0 aliphatic heterocycles. The van der Waals surface area contributed by atoms with Crippen molar-refractivity contribution in [3.63, 3.8) is 0 Å². The summed E-state index contributed by atoms with van der Waals surface area (Å²) in [7, 11) is 0. The number of amides is 1. The van der Waals surface area contributed by atoms with Crippen LogP contribution in [0.5, 0.6) is 5.75 Å². The average Bonchev–Trinajstić information content (AvgIpc) is 3.09. The lowest BCUT2D eigenvalue weighted by atomic mass is 10.1. The van der Waals surface area contributed by atoms with E-state index in [0.29, 0.717) is 31.2 Å². The molecule has 0 spiro atoms. The first-order valence-electron chi connectivity index (χ1n) is 8.22. The smallest absolute Gasteiger partial charge is 0.242 e. The molecule has 25 heavy (non-hydrogen) atoms. The minimum atomic E-state index is -0.206. The van der Waals surface area contributed by atoms with Crippen molar-refractivity contribution in [1.82, 2.24) is 10.2 Å². The Kier molecular flexibility index (Phi) is 7.28. The number of hydrogen-bond donors (Lipinski definition) is 1. The fourth-order valence-electron chi connectivity index (χ4n) is 2.43. The molecule has 2 aromatic rings. The number of H-pyrrole nitrogens is 1. The zero-order valence-corrected chi connectivity index (χ0v) is 15.5. The molecule has 1 N–H and O–H groups in total. The fraction of sp³-hybridized carbons (Fsp3) is 0.444. The normalized spacial score (nSPS) is 10.9. The Hall–Kier alpha value is -2.05. The van der Waals surface area contributed by atoms with E-state index in [-0.39, 0.29) is 17.9 Å². The Morgan fingerprint density at radius 2 is 2.12 bits per heavy atom. The zero-order valence-electron chi connectivity index (χ0n) is 14.8. The van der Waals surface area contributed by atoms with Crippen molar-refractivity contribution in [3.05, 3.63) is 41.7 Å². The Balaban J connectivity index is 2.24. The van der Waals surface area contributed by atoms with Crippen molar-refractivity contribution < 1.29 is 14.3 Å². The van der Waals surface area contributed by atoms with Gasteiger partial charge in [0, 0.05) is 6.20 Å². The van der Waals surface area contributed by atoms with Crippen molar-refractivity contribution in [3.8, 4) is 5.75 Å². The SMILES string of the molecule is Cc1cccc(OCCOC(C)C)c1N(Cc1cc[nH]n1)C(=O)CCl. The molecule has 2 rings (SSSR count). The van der Waals surface area contributed by atoms with E-state index in [1.807, 2.05) is 45.0 Å². The molecule has 1 aromatic heterocycles. The predicted molar refractivity (Wildman–Crippen MR) is 98.3 cm³/mol. The number of carbonyl (C=O) groups is 1. The topological polar surface area (TPSA) is 67.5 Å². The summed E-state index contributed by atoms with van der Waals surface area (Å²) in [5, 5.41) is 6.89. The van der Waals surface area contributed by atoms with Crippen LogP contribution in [-0.2, 0) is 16.1 Å². The van der Waals surface area contributed by atoms with Crippen molar-refractivity contribution in [2.24, 2.45) is 0 Å². The summed E-state index contributed by atoms with van der Waals surface area (Å²) in [6.07, 6.45) is 1.87. The molecule has 136 valence electrons. The number of benzene rings is 1. The number of halogens is 1. The van der Waals surface area contributed by atoms with Gasteiger partial charge in [0.05, 0.1) is 30.6 Å². The molecule has 0 bridgehead atoms. The summed E-state index contributed by atoms with van der Waals surface area (Å²) in [6.45, 7) is 7.09. The monoisotopic (exact) mass is 365 g/mol. The standard InChI is InChI=1S/C18H24ClN3O3/c1-13(2)24-9-10-25-16-6-4-5-14(3)18(16)22(17(23)11-19)12-15-7-8-20-21-15/h4-8,13H,9-12H2,1-3H3,(H,20,21). The van der Waals surface area contributed by atoms with Crippen LogP contribution in [0.3, 0.4) is 0 Å². The average molecular weight is 366 g/mol. The maximum Gasteiger partial charge on any atom is 0.242 e. The Bertz CT molecular complexity index is 674. The quantitative estimate of drug-likeness (QED) is 0.547. The third kappa shape index (κ3) is 5.47. The third-order valence-corrected chi connectivity index (χ3v) is 3.79. The number of alkyl halides is 1. The molecule has 0 atom stereocenters. The van der Waals surface area contributed by atoms with Crippen LogP contribution in [0.15, 0.2) is 30.5 Å². The van der Waals surface area contributed by atoms with Crippen LogP contribution >= 0.6 is 11.6 Å². The van der Waals surface area contributed by atoms with Crippen molar-refractivity contribution >= 4 is 23.2 Å². The van der Waals surface area contributed by atoms with E-state index < -0.39 is 0 Å². The maximum atomic E-state index is 12.4. The second-order valence-corrected chi connectivity index (χ2v) is 6.14. The number of aromatic amines is 1. The van der Waals surface area contributed by atoms with Gasteiger partial charge < -0.3 is 14.4 Å². The second kappa shape index (κ2) is 9.44. The van der Waals surface area contributed by atoms with Crippen LogP contribution in [-0.4, -0.2) is 41.3 Å². The number of aromatic nitrogens is 2. The number of nitrogens with one attached hydrogen (secondary N) is 1. The minimum absolute atomic E-state index is 0.116. The van der Waals surface area contributed by atoms with Gasteiger partial charge in [0.1, 0.15) is 18.2 Å². The van der Waals surface area contributed by atoms with Gasteiger partial charge in [-0.15, -0.1) is 11.6 Å². The van der Waals surface area contributed by atoms with Crippen molar-refractivity contribution in [1.29, 1.82) is 0 Å². The summed E-state index contributed by atoms with van der Waals surface area (Å²) in [6, 6.07) is 7.50. The number of ether oxygens (including phenoxy) is 2. The van der Waals surface area contributed by atoms with Gasteiger partial charge in [-0.05, 0) is 38.5 Å². The molecular weight excluding hydrogens is 342 g/mol. The minimum Gasteiger partial charge on any atom is -0.489 e. The van der Waals surface area contributed by atoms with Gasteiger partial charge in [0.15, 0.2) is 0 Å². The van der Waals surface area contributed by atoms with E-state index in [0.717, 1.165) is 11.3 Å².